The van der Waals surface area contributed by atoms with Crippen molar-refractivity contribution in [3.05, 3.63) is 79.3 Å². The minimum Gasteiger partial charge on any atom is -0.449 e. The van der Waals surface area contributed by atoms with Crippen molar-refractivity contribution in [1.29, 1.82) is 0 Å². The van der Waals surface area contributed by atoms with Gasteiger partial charge in [-0.25, -0.2) is 9.78 Å². The van der Waals surface area contributed by atoms with E-state index in [4.69, 9.17) is 4.74 Å². The minimum atomic E-state index is -1.32. The number of nitrogens with one attached hydrogen (secondary N) is 1. The molecule has 0 fully saturated rings. The lowest BCUT2D eigenvalue weighted by Crippen LogP contribution is -2.30. The summed E-state index contributed by atoms with van der Waals surface area (Å²) in [4.78, 5) is 50.7. The number of ether oxygens (including phenoxy) is 1. The van der Waals surface area contributed by atoms with E-state index < -0.39 is 27.8 Å². The zero-order chi connectivity index (χ0) is 24.1. The first-order chi connectivity index (χ1) is 15.7. The molecule has 0 radical (unpaired) electrons. The van der Waals surface area contributed by atoms with Crippen LogP contribution in [0, 0.1) is 27.2 Å². The fraction of sp³-hybridized carbons (Fsp3) is 0.150. The smallest absolute Gasteiger partial charge is 0.339 e. The minimum absolute atomic E-state index is 0.0511. The number of anilines is 1. The number of carbonyl (C=O) groups is 2. The predicted octanol–water partition coefficient (Wildman–Crippen LogP) is 4.60. The van der Waals surface area contributed by atoms with Crippen LogP contribution in [-0.4, -0.2) is 32.8 Å². The van der Waals surface area contributed by atoms with Crippen molar-refractivity contribution in [3.8, 4) is 0 Å². The van der Waals surface area contributed by atoms with E-state index in [0.717, 1.165) is 23.5 Å². The Kier molecular flexibility index (Phi) is 7.35. The lowest BCUT2D eigenvalue weighted by molar-refractivity contribution is -0.387. The van der Waals surface area contributed by atoms with Crippen molar-refractivity contribution in [1.82, 2.24) is 4.98 Å². The number of nitrogens with zero attached hydrogens (tertiary/aromatic N) is 3. The van der Waals surface area contributed by atoms with Crippen molar-refractivity contribution in [2.45, 2.75) is 29.2 Å². The van der Waals surface area contributed by atoms with E-state index in [9.17, 15) is 29.8 Å². The van der Waals surface area contributed by atoms with Crippen molar-refractivity contribution < 1.29 is 24.2 Å². The van der Waals surface area contributed by atoms with Crippen molar-refractivity contribution in [2.24, 2.45) is 0 Å². The molecule has 2 aromatic carbocycles. The lowest BCUT2D eigenvalue weighted by atomic mass is 10.2. The summed E-state index contributed by atoms with van der Waals surface area (Å²) in [5.74, 6) is -1.75. The number of carbonyl (C=O) groups excluding carboxylic acids is 2. The number of esters is 1. The molecular weight excluding hydrogens is 472 g/mol. The molecule has 3 rings (SSSR count). The van der Waals surface area contributed by atoms with E-state index in [-0.39, 0.29) is 22.6 Å². The van der Waals surface area contributed by atoms with Crippen molar-refractivity contribution >= 4 is 52.0 Å². The Bertz CT molecular complexity index is 1240. The molecule has 0 aliphatic carbocycles. The first-order valence-electron chi connectivity index (χ1n) is 9.29. The monoisotopic (exact) mass is 488 g/mol. The van der Waals surface area contributed by atoms with E-state index in [1.165, 1.54) is 54.7 Å². The lowest BCUT2D eigenvalue weighted by Gasteiger charge is -2.14. The standard InChI is InChI=1S/C20H16N4O7S2/c1-11-10-32-20(21-11)33-17-8-7-13(9-16(17)24(29)30)19(26)31-12(2)18(25)22-14-5-3-4-6-15(14)23(27)28/h3-10,12H,1-2H3,(H,22,25). The number of hydrogen-bond donors (Lipinski definition) is 1. The molecule has 11 nitrogen and oxygen atoms in total. The fourth-order valence-electron chi connectivity index (χ4n) is 2.60. The zero-order valence-corrected chi connectivity index (χ0v) is 18.8. The highest BCUT2D eigenvalue weighted by atomic mass is 32.2. The van der Waals surface area contributed by atoms with E-state index in [0.29, 0.717) is 9.24 Å². The first-order valence-corrected chi connectivity index (χ1v) is 11.0. The molecule has 1 unspecified atom stereocenters. The van der Waals surface area contributed by atoms with Crippen LogP contribution in [0.5, 0.6) is 0 Å². The zero-order valence-electron chi connectivity index (χ0n) is 17.2. The fourth-order valence-corrected chi connectivity index (χ4v) is 4.48. The topological polar surface area (TPSA) is 155 Å². The van der Waals surface area contributed by atoms with Gasteiger partial charge >= 0.3 is 5.97 Å². The Morgan fingerprint density at radius 1 is 1.12 bits per heavy atom. The number of nitro benzene ring substituents is 2. The first kappa shape index (κ1) is 23.8. The summed E-state index contributed by atoms with van der Waals surface area (Å²) in [6.07, 6.45) is -1.32. The highest BCUT2D eigenvalue weighted by Gasteiger charge is 2.24. The van der Waals surface area contributed by atoms with Crippen LogP contribution in [0.4, 0.5) is 17.1 Å². The van der Waals surface area contributed by atoms with Crippen LogP contribution in [-0.2, 0) is 9.53 Å². The summed E-state index contributed by atoms with van der Waals surface area (Å²) < 4.78 is 5.72. The number of aromatic nitrogens is 1. The molecule has 1 N–H and O–H groups in total. The van der Waals surface area contributed by atoms with Gasteiger partial charge in [0.25, 0.3) is 17.3 Å². The van der Waals surface area contributed by atoms with Crippen LogP contribution in [0.3, 0.4) is 0 Å². The quantitative estimate of drug-likeness (QED) is 0.272. The predicted molar refractivity (Wildman–Crippen MR) is 121 cm³/mol. The van der Waals surface area contributed by atoms with Gasteiger partial charge in [0, 0.05) is 23.2 Å². The molecule has 3 aromatic rings. The normalized spacial score (nSPS) is 11.5. The Balaban J connectivity index is 1.72. The number of nitro groups is 2. The summed E-state index contributed by atoms with van der Waals surface area (Å²) in [5, 5.41) is 26.7. The molecule has 1 atom stereocenters. The molecule has 13 heteroatoms. The van der Waals surface area contributed by atoms with Crippen LogP contribution in [0.15, 0.2) is 57.1 Å². The molecule has 1 amide bonds. The van der Waals surface area contributed by atoms with Crippen LogP contribution in [0.1, 0.15) is 23.0 Å². The third-order valence-electron chi connectivity index (χ3n) is 4.20. The Hall–Kier alpha value is -3.84. The van der Waals surface area contributed by atoms with E-state index in [2.05, 4.69) is 10.3 Å². The second-order valence-electron chi connectivity index (χ2n) is 6.61. The molecule has 170 valence electrons. The van der Waals surface area contributed by atoms with Crippen LogP contribution < -0.4 is 5.32 Å². The maximum Gasteiger partial charge on any atom is 0.339 e. The van der Waals surface area contributed by atoms with Crippen LogP contribution >= 0.6 is 23.1 Å². The molecular formula is C20H16N4O7S2. The molecule has 1 heterocycles. The average Bonchev–Trinajstić information content (AvgIpc) is 3.18. The number of para-hydroxylation sites is 2. The van der Waals surface area contributed by atoms with Crippen molar-refractivity contribution in [2.75, 3.05) is 5.32 Å². The summed E-state index contributed by atoms with van der Waals surface area (Å²) in [6, 6.07) is 9.34. The van der Waals surface area contributed by atoms with Gasteiger partial charge in [0.2, 0.25) is 0 Å². The number of hydrogen-bond acceptors (Lipinski definition) is 10. The van der Waals surface area contributed by atoms with Gasteiger partial charge < -0.3 is 10.1 Å². The van der Waals surface area contributed by atoms with Gasteiger partial charge in [-0.05, 0) is 32.0 Å². The number of amides is 1. The third kappa shape index (κ3) is 5.90. The highest BCUT2D eigenvalue weighted by Crippen LogP contribution is 2.37. The largest absolute Gasteiger partial charge is 0.449 e. The number of benzene rings is 2. The molecule has 0 bridgehead atoms. The third-order valence-corrected chi connectivity index (χ3v) is 6.32. The molecule has 0 saturated heterocycles. The molecule has 33 heavy (non-hydrogen) atoms. The van der Waals surface area contributed by atoms with Gasteiger partial charge in [-0.1, -0.05) is 23.9 Å². The molecule has 0 spiro atoms. The average molecular weight is 489 g/mol. The number of thiazole rings is 1. The van der Waals surface area contributed by atoms with Crippen molar-refractivity contribution in [3.63, 3.8) is 0 Å². The Morgan fingerprint density at radius 2 is 1.82 bits per heavy atom. The number of rotatable bonds is 8. The highest BCUT2D eigenvalue weighted by molar-refractivity contribution is 8.01. The van der Waals surface area contributed by atoms with Gasteiger partial charge in [0.15, 0.2) is 10.4 Å². The van der Waals surface area contributed by atoms with Gasteiger partial charge in [0.1, 0.15) is 5.69 Å². The Morgan fingerprint density at radius 3 is 2.45 bits per heavy atom. The molecule has 0 aliphatic rings. The molecule has 0 aliphatic heterocycles. The van der Waals surface area contributed by atoms with Crippen LogP contribution in [0.25, 0.3) is 0 Å². The summed E-state index contributed by atoms with van der Waals surface area (Å²) >= 11 is 2.44. The second-order valence-corrected chi connectivity index (χ2v) is 8.75. The van der Waals surface area contributed by atoms with Gasteiger partial charge in [-0.3, -0.25) is 25.0 Å². The summed E-state index contributed by atoms with van der Waals surface area (Å²) in [6.45, 7) is 3.09. The molecule has 0 saturated carbocycles. The number of aryl methyl sites for hydroxylation is 1. The maximum atomic E-state index is 12.5. The van der Waals surface area contributed by atoms with E-state index in [1.54, 1.807) is 6.92 Å². The Labute approximate surface area is 195 Å². The molecule has 1 aromatic heterocycles. The second kappa shape index (κ2) is 10.2. The van der Waals surface area contributed by atoms with Gasteiger partial charge in [0.05, 0.1) is 20.3 Å². The van der Waals surface area contributed by atoms with Crippen LogP contribution in [0.2, 0.25) is 0 Å². The van der Waals surface area contributed by atoms with E-state index >= 15 is 0 Å². The van der Waals surface area contributed by atoms with E-state index in [1.807, 2.05) is 5.38 Å². The van der Waals surface area contributed by atoms with Gasteiger partial charge in [-0.2, -0.15) is 0 Å². The summed E-state index contributed by atoms with van der Waals surface area (Å²) in [7, 11) is 0. The van der Waals surface area contributed by atoms with Gasteiger partial charge in [-0.15, -0.1) is 11.3 Å². The maximum absolute atomic E-state index is 12.5. The SMILES string of the molecule is Cc1csc(Sc2ccc(C(=O)OC(C)C(=O)Nc3ccccc3[N+](=O)[O-])cc2[N+](=O)[O-])n1. The summed E-state index contributed by atoms with van der Waals surface area (Å²) in [5.41, 5.74) is -0.00201.